The lowest BCUT2D eigenvalue weighted by Gasteiger charge is -2.36. The van der Waals surface area contributed by atoms with E-state index in [4.69, 9.17) is 43.0 Å². The number of aliphatic carboxylic acids is 1. The zero-order valence-electron chi connectivity index (χ0n) is 40.8. The molecule has 0 saturated heterocycles. The van der Waals surface area contributed by atoms with Gasteiger partial charge in [-0.3, -0.25) is 9.59 Å². The van der Waals surface area contributed by atoms with Crippen LogP contribution in [0.25, 0.3) is 0 Å². The van der Waals surface area contributed by atoms with E-state index in [9.17, 15) is 19.2 Å². The van der Waals surface area contributed by atoms with Gasteiger partial charge in [0.15, 0.2) is 24.8 Å². The first-order valence-corrected chi connectivity index (χ1v) is 24.2. The first kappa shape index (κ1) is 49.9. The van der Waals surface area contributed by atoms with Crippen LogP contribution in [-0.4, -0.2) is 77.0 Å². The van der Waals surface area contributed by atoms with E-state index >= 15 is 0 Å². The summed E-state index contributed by atoms with van der Waals surface area (Å²) in [5.41, 5.74) is 5.05. The minimum absolute atomic E-state index is 0.0961. The number of carbonyl (C=O) groups excluding carboxylic acids is 3. The van der Waals surface area contributed by atoms with E-state index in [1.807, 2.05) is 97.1 Å². The number of fused-ring (bicyclic) bond motifs is 12. The molecule has 6 aromatic carbocycles. The number of anilines is 2. The highest BCUT2D eigenvalue weighted by atomic mass is 16.7. The maximum Gasteiger partial charge on any atom is 0.340 e. The van der Waals surface area contributed by atoms with Gasteiger partial charge in [0.2, 0.25) is 0 Å². The minimum atomic E-state index is -1.13. The van der Waals surface area contributed by atoms with Gasteiger partial charge >= 0.3 is 23.9 Å². The molecule has 0 saturated carbocycles. The number of methoxy groups -OCH3 is 3. The van der Waals surface area contributed by atoms with E-state index in [0.717, 1.165) is 83.4 Å². The number of rotatable bonds is 20. The SMILES string of the molecule is COCOc1ccc2c(c1)Oc1cc(NCCCCCC(=O)O)ccc1C21OC(=O)c2ccccc21.COCOc1ccc2c(c1)Oc1cc(NCCCCCC(=O)OC)ccc1C21OC(=O)c2ccccc21. The van der Waals surface area contributed by atoms with Crippen LogP contribution >= 0.6 is 0 Å². The average Bonchev–Trinajstić information content (AvgIpc) is 3.87. The number of carbonyl (C=O) groups is 4. The number of ether oxygens (including phenoxy) is 9. The van der Waals surface area contributed by atoms with E-state index in [1.54, 1.807) is 38.5 Å². The van der Waals surface area contributed by atoms with Gasteiger partial charge in [-0.15, -0.1) is 0 Å². The second kappa shape index (κ2) is 22.1. The lowest BCUT2D eigenvalue weighted by atomic mass is 9.77. The zero-order chi connectivity index (χ0) is 51.0. The van der Waals surface area contributed by atoms with Crippen molar-refractivity contribution in [3.05, 3.63) is 166 Å². The molecule has 378 valence electrons. The Morgan fingerprint density at radius 1 is 0.507 bits per heavy atom. The van der Waals surface area contributed by atoms with Crippen molar-refractivity contribution >= 4 is 35.3 Å². The molecule has 73 heavy (non-hydrogen) atoms. The van der Waals surface area contributed by atoms with Gasteiger partial charge in [0.1, 0.15) is 34.5 Å². The largest absolute Gasteiger partial charge is 0.481 e. The minimum Gasteiger partial charge on any atom is -0.481 e. The molecule has 2 spiro atoms. The third kappa shape index (κ3) is 10.1. The molecule has 6 aromatic rings. The molecule has 2 atom stereocenters. The van der Waals surface area contributed by atoms with E-state index in [0.29, 0.717) is 65.0 Å². The van der Waals surface area contributed by atoms with Crippen LogP contribution in [0.4, 0.5) is 11.4 Å². The number of benzene rings is 6. The predicted molar refractivity (Wildman–Crippen MR) is 268 cm³/mol. The van der Waals surface area contributed by atoms with Crippen LogP contribution < -0.4 is 29.6 Å². The number of nitrogens with one attached hydrogen (secondary N) is 2. The summed E-state index contributed by atoms with van der Waals surface area (Å²) in [4.78, 5) is 47.9. The summed E-state index contributed by atoms with van der Waals surface area (Å²) >= 11 is 0. The molecule has 0 bridgehead atoms. The van der Waals surface area contributed by atoms with Gasteiger partial charge in [-0.1, -0.05) is 49.2 Å². The topological polar surface area (TPSA) is 196 Å². The van der Waals surface area contributed by atoms with E-state index in [-0.39, 0.29) is 37.9 Å². The monoisotopic (exact) mass is 992 g/mol. The Bertz CT molecular complexity index is 3030. The van der Waals surface area contributed by atoms with Crippen LogP contribution in [0.15, 0.2) is 121 Å². The zero-order valence-corrected chi connectivity index (χ0v) is 40.8. The van der Waals surface area contributed by atoms with Crippen molar-refractivity contribution in [2.75, 3.05) is 58.6 Å². The predicted octanol–water partition coefficient (Wildman–Crippen LogP) is 10.7. The molecular weight excluding hydrogens is 937 g/mol. The third-order valence-corrected chi connectivity index (χ3v) is 13.1. The third-order valence-electron chi connectivity index (χ3n) is 13.1. The second-order valence-electron chi connectivity index (χ2n) is 17.7. The Labute approximate surface area is 422 Å². The molecule has 4 heterocycles. The molecule has 2 unspecified atom stereocenters. The smallest absolute Gasteiger partial charge is 0.340 e. The summed E-state index contributed by atoms with van der Waals surface area (Å²) in [6.07, 6.45) is 5.56. The Morgan fingerprint density at radius 3 is 1.37 bits per heavy atom. The molecule has 4 aliphatic rings. The molecule has 0 aliphatic carbocycles. The Balaban J connectivity index is 0.000000180. The fraction of sp³-hybridized carbons (Fsp3) is 0.298. The molecule has 3 N–H and O–H groups in total. The molecule has 0 fully saturated rings. The number of carboxylic acids is 1. The summed E-state index contributed by atoms with van der Waals surface area (Å²) < 4.78 is 51.0. The molecule has 10 rings (SSSR count). The molecule has 0 radical (unpaired) electrons. The highest BCUT2D eigenvalue weighted by Gasteiger charge is 2.55. The van der Waals surface area contributed by atoms with Crippen molar-refractivity contribution in [1.82, 2.24) is 0 Å². The molecule has 16 heteroatoms. The standard InChI is InChI=1S/C29H29NO7.C28H27NO7/c1-33-18-35-20-12-14-24-26(17-20)36-25-16-19(30-15-7-3-4-10-27(31)34-2)11-13-23(25)29(24)22-9-6-5-8-21(22)28(32)37-29;1-33-17-34-19-11-13-23-25(16-19)35-24-15-18(29-14-6-2-3-9-26(30)31)10-12-22(24)28(23)21-8-5-4-7-20(21)27(32)36-28/h5-6,8-9,11-14,16-17,30H,3-4,7,10,15,18H2,1-2H3;4-5,7-8,10-13,15-16,29H,2-3,6,9,14,17H2,1H3,(H,30,31). The lowest BCUT2D eigenvalue weighted by Crippen LogP contribution is -2.33. The number of esters is 3. The van der Waals surface area contributed by atoms with Crippen molar-refractivity contribution in [3.63, 3.8) is 0 Å². The maximum absolute atomic E-state index is 13.0. The van der Waals surface area contributed by atoms with Crippen LogP contribution in [0, 0.1) is 0 Å². The highest BCUT2D eigenvalue weighted by molar-refractivity contribution is 5.98. The second-order valence-corrected chi connectivity index (χ2v) is 17.7. The summed E-state index contributed by atoms with van der Waals surface area (Å²) in [5.74, 6) is 1.70. The van der Waals surface area contributed by atoms with E-state index < -0.39 is 17.2 Å². The first-order chi connectivity index (χ1) is 35.6. The molecular formula is C57H56N2O14. The van der Waals surface area contributed by atoms with Gasteiger partial charge in [0, 0.05) is 109 Å². The summed E-state index contributed by atoms with van der Waals surface area (Å²) in [7, 11) is 4.52. The van der Waals surface area contributed by atoms with Crippen molar-refractivity contribution in [2.45, 2.75) is 62.6 Å². The number of hydrogen-bond acceptors (Lipinski definition) is 15. The van der Waals surface area contributed by atoms with Crippen molar-refractivity contribution in [3.8, 4) is 34.5 Å². The van der Waals surface area contributed by atoms with Crippen LogP contribution in [0.1, 0.15) is 105 Å². The van der Waals surface area contributed by atoms with Crippen molar-refractivity contribution in [1.29, 1.82) is 0 Å². The summed E-state index contributed by atoms with van der Waals surface area (Å²) in [6.45, 7) is 1.65. The van der Waals surface area contributed by atoms with Crippen molar-refractivity contribution < 1.29 is 66.9 Å². The van der Waals surface area contributed by atoms with Gasteiger partial charge in [-0.25, -0.2) is 9.59 Å². The van der Waals surface area contributed by atoms with Gasteiger partial charge < -0.3 is 58.4 Å². The van der Waals surface area contributed by atoms with E-state index in [2.05, 4.69) is 15.4 Å². The van der Waals surface area contributed by atoms with Crippen LogP contribution in [-0.2, 0) is 44.5 Å². The summed E-state index contributed by atoms with van der Waals surface area (Å²) in [5, 5.41) is 15.6. The van der Waals surface area contributed by atoms with Gasteiger partial charge in [-0.2, -0.15) is 0 Å². The van der Waals surface area contributed by atoms with Gasteiger partial charge in [0.25, 0.3) is 0 Å². The first-order valence-electron chi connectivity index (χ1n) is 24.2. The number of hydrogen-bond donors (Lipinski definition) is 3. The van der Waals surface area contributed by atoms with Crippen LogP contribution in [0.2, 0.25) is 0 Å². The molecule has 0 amide bonds. The van der Waals surface area contributed by atoms with Gasteiger partial charge in [0.05, 0.1) is 18.2 Å². The lowest BCUT2D eigenvalue weighted by molar-refractivity contribution is -0.141. The van der Waals surface area contributed by atoms with Gasteiger partial charge in [-0.05, 0) is 86.3 Å². The average molecular weight is 993 g/mol. The highest BCUT2D eigenvalue weighted by Crippen LogP contribution is 2.58. The van der Waals surface area contributed by atoms with Crippen LogP contribution in [0.3, 0.4) is 0 Å². The number of unbranched alkanes of at least 4 members (excludes halogenated alkanes) is 4. The van der Waals surface area contributed by atoms with Crippen molar-refractivity contribution in [2.24, 2.45) is 0 Å². The summed E-state index contributed by atoms with van der Waals surface area (Å²) in [6, 6.07) is 37.4. The quantitative estimate of drug-likeness (QED) is 0.0282. The Kier molecular flexibility index (Phi) is 15.1. The maximum atomic E-state index is 13.0. The fourth-order valence-corrected chi connectivity index (χ4v) is 9.68. The molecule has 16 nitrogen and oxygen atoms in total. The molecule has 0 aromatic heterocycles. The Morgan fingerprint density at radius 2 is 0.932 bits per heavy atom. The van der Waals surface area contributed by atoms with E-state index in [1.165, 1.54) is 7.11 Å². The fourth-order valence-electron chi connectivity index (χ4n) is 9.68. The molecule has 4 aliphatic heterocycles. The normalized spacial score (nSPS) is 16.9. The van der Waals surface area contributed by atoms with Crippen LogP contribution in [0.5, 0.6) is 34.5 Å². The number of carboxylic acid groups (broad SMARTS) is 1. The Hall–Kier alpha value is -8.08.